The van der Waals surface area contributed by atoms with Gasteiger partial charge in [-0.2, -0.15) is 0 Å². The lowest BCUT2D eigenvalue weighted by Gasteiger charge is -2.42. The van der Waals surface area contributed by atoms with E-state index in [0.717, 1.165) is 5.56 Å². The van der Waals surface area contributed by atoms with Crippen molar-refractivity contribution in [1.29, 1.82) is 0 Å². The van der Waals surface area contributed by atoms with E-state index in [1.54, 1.807) is 0 Å². The highest BCUT2D eigenvalue weighted by molar-refractivity contribution is 6.35. The maximum Gasteiger partial charge on any atom is 0.142 e. The summed E-state index contributed by atoms with van der Waals surface area (Å²) in [6, 6.07) is 10.0. The van der Waals surface area contributed by atoms with Crippen molar-refractivity contribution >= 4 is 23.2 Å². The lowest BCUT2D eigenvalue weighted by atomic mass is 9.96. The first kappa shape index (κ1) is 18.0. The third-order valence-electron chi connectivity index (χ3n) is 4.97. The minimum absolute atomic E-state index is 0.0147. The molecule has 0 unspecified atom stereocenters. The van der Waals surface area contributed by atoms with Crippen molar-refractivity contribution in [3.63, 3.8) is 0 Å². The predicted molar refractivity (Wildman–Crippen MR) is 97.4 cm³/mol. The van der Waals surface area contributed by atoms with E-state index in [1.807, 2.05) is 24.3 Å². The van der Waals surface area contributed by atoms with Crippen LogP contribution in [0.4, 0.5) is 4.39 Å². The number of para-hydroxylation sites is 1. The summed E-state index contributed by atoms with van der Waals surface area (Å²) in [6.07, 6.45) is -1.05. The molecular formula is C19H18Cl2FNO3. The second-order valence-corrected chi connectivity index (χ2v) is 7.32. The Morgan fingerprint density at radius 1 is 1.12 bits per heavy atom. The van der Waals surface area contributed by atoms with Gasteiger partial charge in [0, 0.05) is 29.2 Å². The summed E-state index contributed by atoms with van der Waals surface area (Å²) < 4.78 is 25.5. The summed E-state index contributed by atoms with van der Waals surface area (Å²) in [7, 11) is 0. The van der Waals surface area contributed by atoms with Crippen LogP contribution >= 0.6 is 23.2 Å². The summed E-state index contributed by atoms with van der Waals surface area (Å²) in [5.41, 5.74) is 1.34. The first-order valence-electron chi connectivity index (χ1n) is 8.44. The SMILES string of the molecule is O[C@H]1c2ccccc2OC[C@@H]1N1CCO[C@H](c2cc(F)c(Cl)cc2Cl)C1. The monoisotopic (exact) mass is 397 g/mol. The van der Waals surface area contributed by atoms with Crippen molar-refractivity contribution in [2.24, 2.45) is 0 Å². The van der Waals surface area contributed by atoms with Gasteiger partial charge < -0.3 is 14.6 Å². The van der Waals surface area contributed by atoms with E-state index in [4.69, 9.17) is 32.7 Å². The standard InChI is InChI=1S/C19H18Cl2FNO3/c20-13-8-14(21)15(22)7-12(13)18-9-23(5-6-25-18)16-10-26-17-4-2-1-3-11(17)19(16)24/h1-4,7-8,16,18-19,24H,5-6,9-10H2/t16-,18-,19-/m0/s1. The van der Waals surface area contributed by atoms with Crippen LogP contribution in [-0.4, -0.2) is 42.4 Å². The lowest BCUT2D eigenvalue weighted by Crippen LogP contribution is -2.51. The van der Waals surface area contributed by atoms with Gasteiger partial charge in [-0.05, 0) is 18.2 Å². The van der Waals surface area contributed by atoms with Crippen LogP contribution in [0.2, 0.25) is 10.0 Å². The third kappa shape index (κ3) is 3.30. The molecule has 7 heteroatoms. The Morgan fingerprint density at radius 3 is 2.77 bits per heavy atom. The van der Waals surface area contributed by atoms with Crippen molar-refractivity contribution in [2.75, 3.05) is 26.3 Å². The van der Waals surface area contributed by atoms with Crippen LogP contribution in [0.15, 0.2) is 36.4 Å². The van der Waals surface area contributed by atoms with Gasteiger partial charge in [-0.15, -0.1) is 0 Å². The molecule has 2 aromatic rings. The molecule has 0 amide bonds. The molecule has 4 rings (SSSR count). The van der Waals surface area contributed by atoms with Crippen molar-refractivity contribution in [1.82, 2.24) is 4.90 Å². The number of morpholine rings is 1. The fourth-order valence-electron chi connectivity index (χ4n) is 3.58. The maximum absolute atomic E-state index is 13.9. The summed E-state index contributed by atoms with van der Waals surface area (Å²) in [4.78, 5) is 2.11. The number of fused-ring (bicyclic) bond motifs is 1. The predicted octanol–water partition coefficient (Wildman–Crippen LogP) is 4.00. The summed E-state index contributed by atoms with van der Waals surface area (Å²) in [5, 5.41) is 11.2. The van der Waals surface area contributed by atoms with Gasteiger partial charge in [0.1, 0.15) is 24.3 Å². The van der Waals surface area contributed by atoms with Crippen molar-refractivity contribution in [3.8, 4) is 5.75 Å². The minimum Gasteiger partial charge on any atom is -0.491 e. The second-order valence-electron chi connectivity index (χ2n) is 6.50. The molecule has 2 aromatic carbocycles. The van der Waals surface area contributed by atoms with Crippen molar-refractivity contribution < 1.29 is 19.0 Å². The van der Waals surface area contributed by atoms with E-state index in [2.05, 4.69) is 4.90 Å². The molecule has 3 atom stereocenters. The molecule has 1 N–H and O–H groups in total. The number of hydrogen-bond acceptors (Lipinski definition) is 4. The average molecular weight is 398 g/mol. The number of hydrogen-bond donors (Lipinski definition) is 1. The summed E-state index contributed by atoms with van der Waals surface area (Å²) >= 11 is 12.0. The number of aliphatic hydroxyl groups is 1. The van der Waals surface area contributed by atoms with E-state index in [9.17, 15) is 9.50 Å². The fourth-order valence-corrected chi connectivity index (χ4v) is 4.08. The van der Waals surface area contributed by atoms with E-state index >= 15 is 0 Å². The smallest absolute Gasteiger partial charge is 0.142 e. The molecule has 1 saturated heterocycles. The molecule has 0 saturated carbocycles. The zero-order valence-corrected chi connectivity index (χ0v) is 15.4. The molecule has 26 heavy (non-hydrogen) atoms. The second kappa shape index (κ2) is 7.33. The molecule has 1 fully saturated rings. The first-order valence-corrected chi connectivity index (χ1v) is 9.20. The molecule has 2 aliphatic rings. The maximum atomic E-state index is 13.9. The zero-order chi connectivity index (χ0) is 18.3. The zero-order valence-electron chi connectivity index (χ0n) is 13.9. The van der Waals surface area contributed by atoms with Crippen LogP contribution in [0.5, 0.6) is 5.75 Å². The Balaban J connectivity index is 1.55. The highest BCUT2D eigenvalue weighted by Crippen LogP contribution is 2.37. The molecule has 0 aromatic heterocycles. The van der Waals surface area contributed by atoms with Gasteiger partial charge in [-0.1, -0.05) is 41.4 Å². The molecule has 0 aliphatic carbocycles. The van der Waals surface area contributed by atoms with Gasteiger partial charge in [0.25, 0.3) is 0 Å². The largest absolute Gasteiger partial charge is 0.491 e. The number of aliphatic hydroxyl groups excluding tert-OH is 1. The van der Waals surface area contributed by atoms with Gasteiger partial charge in [0.05, 0.1) is 23.8 Å². The molecule has 2 aliphatic heterocycles. The molecule has 0 radical (unpaired) electrons. The molecule has 138 valence electrons. The fraction of sp³-hybridized carbons (Fsp3) is 0.368. The molecule has 0 spiro atoms. The Hall–Kier alpha value is -1.37. The highest BCUT2D eigenvalue weighted by atomic mass is 35.5. The van der Waals surface area contributed by atoms with Gasteiger partial charge >= 0.3 is 0 Å². The van der Waals surface area contributed by atoms with E-state index in [-0.39, 0.29) is 11.1 Å². The number of nitrogens with zero attached hydrogens (tertiary/aromatic N) is 1. The van der Waals surface area contributed by atoms with Crippen LogP contribution in [0, 0.1) is 5.82 Å². The Labute approximate surface area is 161 Å². The Kier molecular flexibility index (Phi) is 5.08. The van der Waals surface area contributed by atoms with Crippen molar-refractivity contribution in [3.05, 3.63) is 63.4 Å². The number of rotatable bonds is 2. The van der Waals surface area contributed by atoms with E-state index < -0.39 is 18.0 Å². The van der Waals surface area contributed by atoms with Crippen LogP contribution in [0.1, 0.15) is 23.3 Å². The molecular weight excluding hydrogens is 380 g/mol. The van der Waals surface area contributed by atoms with Crippen LogP contribution in [0.3, 0.4) is 0 Å². The molecule has 2 heterocycles. The van der Waals surface area contributed by atoms with Gasteiger partial charge in [0.2, 0.25) is 0 Å². The lowest BCUT2D eigenvalue weighted by molar-refractivity contribution is -0.0810. The van der Waals surface area contributed by atoms with Gasteiger partial charge in [-0.3, -0.25) is 4.90 Å². The topological polar surface area (TPSA) is 41.9 Å². The summed E-state index contributed by atoms with van der Waals surface area (Å²) in [6.45, 7) is 1.97. The Morgan fingerprint density at radius 2 is 1.92 bits per heavy atom. The third-order valence-corrected chi connectivity index (χ3v) is 5.58. The number of benzene rings is 2. The normalized spacial score (nSPS) is 26.2. The van der Waals surface area contributed by atoms with E-state index in [0.29, 0.717) is 42.6 Å². The van der Waals surface area contributed by atoms with Crippen molar-refractivity contribution in [2.45, 2.75) is 18.2 Å². The van der Waals surface area contributed by atoms with Crippen LogP contribution in [0.25, 0.3) is 0 Å². The first-order chi connectivity index (χ1) is 12.5. The van der Waals surface area contributed by atoms with E-state index in [1.165, 1.54) is 12.1 Å². The summed E-state index contributed by atoms with van der Waals surface area (Å²) in [5.74, 6) is 0.186. The van der Waals surface area contributed by atoms with Gasteiger partial charge in [0.15, 0.2) is 0 Å². The van der Waals surface area contributed by atoms with Gasteiger partial charge in [-0.25, -0.2) is 4.39 Å². The number of halogens is 3. The molecule has 4 nitrogen and oxygen atoms in total. The minimum atomic E-state index is -0.656. The highest BCUT2D eigenvalue weighted by Gasteiger charge is 2.37. The quantitative estimate of drug-likeness (QED) is 0.777. The van der Waals surface area contributed by atoms with Crippen LogP contribution in [-0.2, 0) is 4.74 Å². The average Bonchev–Trinajstić information content (AvgIpc) is 2.65. The molecule has 0 bridgehead atoms. The Bertz CT molecular complexity index is 819. The number of ether oxygens (including phenoxy) is 2. The van der Waals surface area contributed by atoms with Crippen LogP contribution < -0.4 is 4.74 Å².